The molecule has 1 saturated carbocycles. The van der Waals surface area contributed by atoms with Gasteiger partial charge < -0.3 is 10.0 Å². The Bertz CT molecular complexity index is 405. The Morgan fingerprint density at radius 1 is 1.29 bits per heavy atom. The van der Waals surface area contributed by atoms with E-state index in [-0.39, 0.29) is 0 Å². The van der Waals surface area contributed by atoms with Gasteiger partial charge in [-0.05, 0) is 43.4 Å². The zero-order chi connectivity index (χ0) is 12.5. The number of carbonyl (C=O) groups is 1. The molecule has 0 saturated heterocycles. The minimum atomic E-state index is -0.623. The average molecular weight is 233 g/mol. The van der Waals surface area contributed by atoms with Gasteiger partial charge in [0.15, 0.2) is 0 Å². The van der Waals surface area contributed by atoms with Crippen molar-refractivity contribution >= 4 is 11.7 Å². The van der Waals surface area contributed by atoms with Gasteiger partial charge in [-0.2, -0.15) is 0 Å². The molecule has 1 aromatic carbocycles. The lowest BCUT2D eigenvalue weighted by atomic mass is 9.97. The van der Waals surface area contributed by atoms with Gasteiger partial charge in [-0.3, -0.25) is 4.79 Å². The summed E-state index contributed by atoms with van der Waals surface area (Å²) in [6, 6.07) is 8.34. The second kappa shape index (κ2) is 4.40. The van der Waals surface area contributed by atoms with Crippen LogP contribution in [-0.2, 0) is 11.2 Å². The van der Waals surface area contributed by atoms with Crippen molar-refractivity contribution in [1.82, 2.24) is 0 Å². The zero-order valence-corrected chi connectivity index (χ0v) is 10.4. The molecular weight excluding hydrogens is 214 g/mol. The SMILES string of the molecule is CN(C)c1ccc(CCC2(C(=O)O)CC2)cc1. The Morgan fingerprint density at radius 2 is 1.88 bits per heavy atom. The standard InChI is InChI=1S/C14H19NO2/c1-15(2)12-5-3-11(4-6-12)7-8-14(9-10-14)13(16)17/h3-6H,7-10H2,1-2H3,(H,16,17). The second-order valence-electron chi connectivity index (χ2n) is 5.15. The number of hydrogen-bond acceptors (Lipinski definition) is 2. The molecule has 0 spiro atoms. The van der Waals surface area contributed by atoms with E-state index in [4.69, 9.17) is 5.11 Å². The number of aliphatic carboxylic acids is 1. The summed E-state index contributed by atoms with van der Waals surface area (Å²) in [5.41, 5.74) is 2.00. The fourth-order valence-corrected chi connectivity index (χ4v) is 2.07. The molecular formula is C14H19NO2. The molecule has 0 radical (unpaired) electrons. The smallest absolute Gasteiger partial charge is 0.309 e. The summed E-state index contributed by atoms with van der Waals surface area (Å²) in [5, 5.41) is 9.09. The highest BCUT2D eigenvalue weighted by Gasteiger charge is 2.49. The van der Waals surface area contributed by atoms with Crippen molar-refractivity contribution < 1.29 is 9.90 Å². The minimum absolute atomic E-state index is 0.403. The summed E-state index contributed by atoms with van der Waals surface area (Å²) >= 11 is 0. The highest BCUT2D eigenvalue weighted by Crippen LogP contribution is 2.49. The van der Waals surface area contributed by atoms with E-state index in [2.05, 4.69) is 29.2 Å². The van der Waals surface area contributed by atoms with E-state index in [0.717, 1.165) is 25.7 Å². The molecule has 0 aromatic heterocycles. The van der Waals surface area contributed by atoms with Gasteiger partial charge in [-0.15, -0.1) is 0 Å². The fraction of sp³-hybridized carbons (Fsp3) is 0.500. The van der Waals surface area contributed by atoms with E-state index >= 15 is 0 Å². The molecule has 1 fully saturated rings. The Kier molecular flexibility index (Phi) is 3.09. The van der Waals surface area contributed by atoms with E-state index in [1.165, 1.54) is 11.3 Å². The zero-order valence-electron chi connectivity index (χ0n) is 10.4. The summed E-state index contributed by atoms with van der Waals surface area (Å²) < 4.78 is 0. The van der Waals surface area contributed by atoms with E-state index in [0.29, 0.717) is 0 Å². The highest BCUT2D eigenvalue weighted by molar-refractivity contribution is 5.77. The molecule has 1 N–H and O–H groups in total. The highest BCUT2D eigenvalue weighted by atomic mass is 16.4. The normalized spacial score (nSPS) is 16.6. The second-order valence-corrected chi connectivity index (χ2v) is 5.15. The first kappa shape index (κ1) is 12.0. The van der Waals surface area contributed by atoms with Crippen molar-refractivity contribution in [2.24, 2.45) is 5.41 Å². The Hall–Kier alpha value is -1.51. The van der Waals surface area contributed by atoms with Gasteiger partial charge in [-0.25, -0.2) is 0 Å². The first-order valence-electron chi connectivity index (χ1n) is 6.03. The van der Waals surface area contributed by atoms with Gasteiger partial charge in [0, 0.05) is 19.8 Å². The van der Waals surface area contributed by atoms with E-state index in [1.54, 1.807) is 0 Å². The van der Waals surface area contributed by atoms with Gasteiger partial charge in [0.25, 0.3) is 0 Å². The molecule has 0 amide bonds. The largest absolute Gasteiger partial charge is 0.481 e. The van der Waals surface area contributed by atoms with Crippen LogP contribution < -0.4 is 4.90 Å². The average Bonchev–Trinajstić information content (AvgIpc) is 3.08. The van der Waals surface area contributed by atoms with Gasteiger partial charge >= 0.3 is 5.97 Å². The van der Waals surface area contributed by atoms with Crippen molar-refractivity contribution in [3.8, 4) is 0 Å². The number of carboxylic acid groups (broad SMARTS) is 1. The van der Waals surface area contributed by atoms with Crippen LogP contribution in [-0.4, -0.2) is 25.2 Å². The number of hydrogen-bond donors (Lipinski definition) is 1. The molecule has 92 valence electrons. The van der Waals surface area contributed by atoms with Crippen molar-refractivity contribution in [1.29, 1.82) is 0 Å². The maximum absolute atomic E-state index is 11.0. The molecule has 2 rings (SSSR count). The summed E-state index contributed by atoms with van der Waals surface area (Å²) in [6.07, 6.45) is 3.32. The van der Waals surface area contributed by atoms with Crippen LogP contribution in [0.2, 0.25) is 0 Å². The van der Waals surface area contributed by atoms with Crippen molar-refractivity contribution in [2.75, 3.05) is 19.0 Å². The Balaban J connectivity index is 1.94. The van der Waals surface area contributed by atoms with Gasteiger partial charge in [0.05, 0.1) is 5.41 Å². The van der Waals surface area contributed by atoms with Gasteiger partial charge in [-0.1, -0.05) is 12.1 Å². The quantitative estimate of drug-likeness (QED) is 0.849. The Morgan fingerprint density at radius 3 is 2.29 bits per heavy atom. The lowest BCUT2D eigenvalue weighted by Crippen LogP contribution is -2.15. The van der Waals surface area contributed by atoms with Crippen LogP contribution in [0.25, 0.3) is 0 Å². The predicted octanol–water partition coefficient (Wildman–Crippen LogP) is 2.55. The van der Waals surface area contributed by atoms with E-state index < -0.39 is 11.4 Å². The first-order valence-corrected chi connectivity index (χ1v) is 6.03. The number of anilines is 1. The van der Waals surface area contributed by atoms with Crippen molar-refractivity contribution in [3.05, 3.63) is 29.8 Å². The van der Waals surface area contributed by atoms with Crippen molar-refractivity contribution in [3.63, 3.8) is 0 Å². The van der Waals surface area contributed by atoms with Crippen LogP contribution in [0.1, 0.15) is 24.8 Å². The number of nitrogens with zero attached hydrogens (tertiary/aromatic N) is 1. The predicted molar refractivity (Wildman–Crippen MR) is 68.4 cm³/mol. The topological polar surface area (TPSA) is 40.5 Å². The molecule has 0 atom stereocenters. The minimum Gasteiger partial charge on any atom is -0.481 e. The summed E-state index contributed by atoms with van der Waals surface area (Å²) in [6.45, 7) is 0. The van der Waals surface area contributed by atoms with Crippen LogP contribution in [0.5, 0.6) is 0 Å². The molecule has 0 bridgehead atoms. The number of rotatable bonds is 5. The Labute approximate surface area is 102 Å². The van der Waals surface area contributed by atoms with Crippen LogP contribution >= 0.6 is 0 Å². The molecule has 0 heterocycles. The lowest BCUT2D eigenvalue weighted by molar-refractivity contribution is -0.143. The van der Waals surface area contributed by atoms with Crippen LogP contribution in [0.15, 0.2) is 24.3 Å². The molecule has 17 heavy (non-hydrogen) atoms. The third kappa shape index (κ3) is 2.60. The van der Waals surface area contributed by atoms with E-state index in [9.17, 15) is 4.79 Å². The first-order chi connectivity index (χ1) is 8.03. The van der Waals surface area contributed by atoms with Crippen LogP contribution in [0.4, 0.5) is 5.69 Å². The fourth-order valence-electron chi connectivity index (χ4n) is 2.07. The maximum atomic E-state index is 11.0. The third-order valence-electron chi connectivity index (χ3n) is 3.65. The number of carboxylic acids is 1. The molecule has 1 aliphatic carbocycles. The van der Waals surface area contributed by atoms with Crippen LogP contribution in [0.3, 0.4) is 0 Å². The monoisotopic (exact) mass is 233 g/mol. The van der Waals surface area contributed by atoms with Gasteiger partial charge in [0.1, 0.15) is 0 Å². The molecule has 0 aliphatic heterocycles. The molecule has 1 aromatic rings. The van der Waals surface area contributed by atoms with Gasteiger partial charge in [0.2, 0.25) is 0 Å². The number of aryl methyl sites for hydroxylation is 1. The molecule has 3 nitrogen and oxygen atoms in total. The lowest BCUT2D eigenvalue weighted by Gasteiger charge is -2.13. The number of benzene rings is 1. The summed E-state index contributed by atoms with van der Waals surface area (Å²) in [4.78, 5) is 13.1. The van der Waals surface area contributed by atoms with Crippen molar-refractivity contribution in [2.45, 2.75) is 25.7 Å². The third-order valence-corrected chi connectivity index (χ3v) is 3.65. The molecule has 1 aliphatic rings. The maximum Gasteiger partial charge on any atom is 0.309 e. The molecule has 0 unspecified atom stereocenters. The molecule has 3 heteroatoms. The summed E-state index contributed by atoms with van der Waals surface area (Å²) in [5.74, 6) is -0.623. The van der Waals surface area contributed by atoms with E-state index in [1.807, 2.05) is 14.1 Å². The van der Waals surface area contributed by atoms with Crippen LogP contribution in [0, 0.1) is 5.41 Å². The summed E-state index contributed by atoms with van der Waals surface area (Å²) in [7, 11) is 4.03.